The second-order valence-corrected chi connectivity index (χ2v) is 7.41. The molecular formula is C22H23NO4. The molecule has 0 unspecified atom stereocenters. The molecule has 3 aromatic rings. The highest BCUT2D eigenvalue weighted by Gasteiger charge is 2.36. The molecule has 0 spiro atoms. The number of phenols is 1. The zero-order valence-corrected chi connectivity index (χ0v) is 15.5. The van der Waals surface area contributed by atoms with Crippen LogP contribution in [0.4, 0.5) is 0 Å². The number of aryl methyl sites for hydroxylation is 2. The maximum atomic E-state index is 13.1. The Balaban J connectivity index is 1.58. The van der Waals surface area contributed by atoms with Gasteiger partial charge in [0.15, 0.2) is 0 Å². The lowest BCUT2D eigenvalue weighted by Crippen LogP contribution is -2.45. The molecule has 1 aliphatic heterocycles. The first-order chi connectivity index (χ1) is 12.9. The fourth-order valence-corrected chi connectivity index (χ4v) is 3.93. The number of amides is 1. The molecule has 2 heterocycles. The van der Waals surface area contributed by atoms with Gasteiger partial charge in [0.25, 0.3) is 5.91 Å². The van der Waals surface area contributed by atoms with E-state index in [0.717, 1.165) is 11.1 Å². The van der Waals surface area contributed by atoms with Crippen LogP contribution in [0.25, 0.3) is 11.0 Å². The van der Waals surface area contributed by atoms with E-state index in [4.69, 9.17) is 4.42 Å². The van der Waals surface area contributed by atoms with Crippen LogP contribution in [0.3, 0.4) is 0 Å². The molecule has 1 fully saturated rings. The van der Waals surface area contributed by atoms with Crippen molar-refractivity contribution in [1.82, 2.24) is 4.90 Å². The summed E-state index contributed by atoms with van der Waals surface area (Å²) in [6.45, 7) is 4.70. The number of benzene rings is 2. The van der Waals surface area contributed by atoms with Crippen LogP contribution >= 0.6 is 0 Å². The van der Waals surface area contributed by atoms with Crippen LogP contribution in [-0.2, 0) is 5.60 Å². The molecule has 0 aliphatic carbocycles. The van der Waals surface area contributed by atoms with Crippen molar-refractivity contribution >= 4 is 16.9 Å². The first kappa shape index (κ1) is 17.6. The molecule has 1 saturated heterocycles. The molecule has 1 amide bonds. The molecular weight excluding hydrogens is 342 g/mol. The quantitative estimate of drug-likeness (QED) is 0.723. The van der Waals surface area contributed by atoms with Gasteiger partial charge in [-0.15, -0.1) is 0 Å². The smallest absolute Gasteiger partial charge is 0.258 e. The summed E-state index contributed by atoms with van der Waals surface area (Å²) in [4.78, 5) is 14.9. The Morgan fingerprint density at radius 2 is 1.85 bits per heavy atom. The van der Waals surface area contributed by atoms with Crippen molar-refractivity contribution in [1.29, 1.82) is 0 Å². The summed E-state index contributed by atoms with van der Waals surface area (Å²) in [6.07, 6.45) is 0.977. The Morgan fingerprint density at radius 1 is 1.11 bits per heavy atom. The largest absolute Gasteiger partial charge is 0.508 e. The fraction of sp³-hybridized carbons (Fsp3) is 0.318. The maximum absolute atomic E-state index is 13.1. The van der Waals surface area contributed by atoms with E-state index >= 15 is 0 Å². The van der Waals surface area contributed by atoms with Crippen LogP contribution in [0, 0.1) is 13.8 Å². The Labute approximate surface area is 157 Å². The van der Waals surface area contributed by atoms with Gasteiger partial charge in [-0.1, -0.05) is 29.8 Å². The Hall–Kier alpha value is -2.79. The number of carbonyl (C=O) groups is 1. The number of aliphatic hydroxyl groups is 1. The van der Waals surface area contributed by atoms with Crippen molar-refractivity contribution in [3.8, 4) is 5.75 Å². The fourth-order valence-electron chi connectivity index (χ4n) is 3.93. The summed E-state index contributed by atoms with van der Waals surface area (Å²) in [5.41, 5.74) is 2.18. The third-order valence-electron chi connectivity index (χ3n) is 5.49. The maximum Gasteiger partial charge on any atom is 0.258 e. The first-order valence-corrected chi connectivity index (χ1v) is 9.18. The van der Waals surface area contributed by atoms with Gasteiger partial charge >= 0.3 is 0 Å². The third-order valence-corrected chi connectivity index (χ3v) is 5.49. The van der Waals surface area contributed by atoms with Gasteiger partial charge in [-0.25, -0.2) is 0 Å². The van der Waals surface area contributed by atoms with Gasteiger partial charge in [-0.05, 0) is 50.5 Å². The lowest BCUT2D eigenvalue weighted by molar-refractivity contribution is -0.0211. The van der Waals surface area contributed by atoms with Gasteiger partial charge in [0.1, 0.15) is 17.1 Å². The van der Waals surface area contributed by atoms with E-state index in [2.05, 4.69) is 0 Å². The number of piperidine rings is 1. The molecule has 5 heteroatoms. The van der Waals surface area contributed by atoms with Crippen LogP contribution < -0.4 is 0 Å². The van der Waals surface area contributed by atoms with E-state index in [1.54, 1.807) is 30.0 Å². The number of fused-ring (bicyclic) bond motifs is 1. The predicted molar refractivity (Wildman–Crippen MR) is 103 cm³/mol. The van der Waals surface area contributed by atoms with Gasteiger partial charge in [-0.3, -0.25) is 4.79 Å². The van der Waals surface area contributed by atoms with E-state index < -0.39 is 5.60 Å². The zero-order valence-electron chi connectivity index (χ0n) is 15.5. The Bertz CT molecular complexity index is 1010. The topological polar surface area (TPSA) is 73.9 Å². The van der Waals surface area contributed by atoms with Crippen molar-refractivity contribution in [3.05, 3.63) is 64.9 Å². The number of rotatable bonds is 2. The molecule has 0 radical (unpaired) electrons. The molecule has 2 N–H and O–H groups in total. The van der Waals surface area contributed by atoms with Gasteiger partial charge < -0.3 is 19.5 Å². The minimum absolute atomic E-state index is 0.102. The molecule has 2 aromatic carbocycles. The van der Waals surface area contributed by atoms with Crippen molar-refractivity contribution in [3.63, 3.8) is 0 Å². The Morgan fingerprint density at radius 3 is 2.56 bits per heavy atom. The molecule has 0 atom stereocenters. The minimum atomic E-state index is -0.908. The predicted octanol–water partition coefficient (Wildman–Crippen LogP) is 3.88. The molecule has 1 aromatic heterocycles. The van der Waals surface area contributed by atoms with E-state index in [1.807, 2.05) is 31.2 Å². The van der Waals surface area contributed by atoms with Gasteiger partial charge in [0.2, 0.25) is 0 Å². The summed E-state index contributed by atoms with van der Waals surface area (Å²) in [5, 5.41) is 21.5. The van der Waals surface area contributed by atoms with Crippen molar-refractivity contribution in [2.75, 3.05) is 13.1 Å². The highest BCUT2D eigenvalue weighted by Crippen LogP contribution is 2.35. The van der Waals surface area contributed by atoms with Gasteiger partial charge in [-0.2, -0.15) is 0 Å². The summed E-state index contributed by atoms with van der Waals surface area (Å²) >= 11 is 0. The van der Waals surface area contributed by atoms with Crippen molar-refractivity contribution in [2.45, 2.75) is 32.3 Å². The molecule has 5 nitrogen and oxygen atoms in total. The van der Waals surface area contributed by atoms with Crippen LogP contribution in [0.2, 0.25) is 0 Å². The van der Waals surface area contributed by atoms with Crippen molar-refractivity contribution in [2.24, 2.45) is 0 Å². The van der Waals surface area contributed by atoms with E-state index in [1.165, 1.54) is 0 Å². The normalized spacial score (nSPS) is 16.6. The van der Waals surface area contributed by atoms with E-state index in [9.17, 15) is 15.0 Å². The highest BCUT2D eigenvalue weighted by atomic mass is 16.3. The lowest BCUT2D eigenvalue weighted by Gasteiger charge is -2.38. The molecule has 27 heavy (non-hydrogen) atoms. The monoisotopic (exact) mass is 365 g/mol. The molecule has 0 saturated carbocycles. The SMILES string of the molecule is Cc1cccc(C2(O)CCN(C(=O)c3c(C)oc4ccc(O)cc34)CC2)c1. The van der Waals surface area contributed by atoms with Crippen LogP contribution in [0.15, 0.2) is 46.9 Å². The highest BCUT2D eigenvalue weighted by molar-refractivity contribution is 6.07. The average Bonchev–Trinajstić information content (AvgIpc) is 2.97. The van der Waals surface area contributed by atoms with Crippen LogP contribution in [0.5, 0.6) is 5.75 Å². The standard InChI is InChI=1S/C22H23NO4/c1-14-4-3-5-16(12-14)22(26)8-10-23(11-9-22)21(25)20-15(2)27-19-7-6-17(24)13-18(19)20/h3-7,12-13,24,26H,8-11H2,1-2H3. The number of carbonyl (C=O) groups excluding carboxylic acids is 1. The minimum Gasteiger partial charge on any atom is -0.508 e. The number of aromatic hydroxyl groups is 1. The Kier molecular flexibility index (Phi) is 4.19. The first-order valence-electron chi connectivity index (χ1n) is 9.18. The van der Waals surface area contributed by atoms with Crippen LogP contribution in [0.1, 0.15) is 40.1 Å². The molecule has 4 rings (SSSR count). The van der Waals surface area contributed by atoms with E-state index in [0.29, 0.717) is 48.2 Å². The number of nitrogens with zero attached hydrogens (tertiary/aromatic N) is 1. The second kappa shape index (κ2) is 6.43. The summed E-state index contributed by atoms with van der Waals surface area (Å²) in [6, 6.07) is 12.7. The number of hydrogen-bond acceptors (Lipinski definition) is 4. The molecule has 0 bridgehead atoms. The molecule has 140 valence electrons. The summed E-state index contributed by atoms with van der Waals surface area (Å²) < 4.78 is 5.68. The number of furan rings is 1. The van der Waals surface area contributed by atoms with Gasteiger partial charge in [0.05, 0.1) is 11.2 Å². The lowest BCUT2D eigenvalue weighted by atomic mass is 9.83. The third kappa shape index (κ3) is 3.08. The average molecular weight is 365 g/mol. The van der Waals surface area contributed by atoms with Gasteiger partial charge in [0, 0.05) is 18.5 Å². The molecule has 1 aliphatic rings. The zero-order chi connectivity index (χ0) is 19.2. The van der Waals surface area contributed by atoms with Crippen LogP contribution in [-0.4, -0.2) is 34.1 Å². The number of hydrogen-bond donors (Lipinski definition) is 2. The van der Waals surface area contributed by atoms with E-state index in [-0.39, 0.29) is 11.7 Å². The van der Waals surface area contributed by atoms with Crippen molar-refractivity contribution < 1.29 is 19.4 Å². The summed E-state index contributed by atoms with van der Waals surface area (Å²) in [5.74, 6) is 0.521. The number of likely N-dealkylation sites (tertiary alicyclic amines) is 1. The number of phenolic OH excluding ortho intramolecular Hbond substituents is 1. The summed E-state index contributed by atoms with van der Waals surface area (Å²) in [7, 11) is 0. The second-order valence-electron chi connectivity index (χ2n) is 7.41.